The molecule has 0 aliphatic heterocycles. The van der Waals surface area contributed by atoms with E-state index in [9.17, 15) is 9.36 Å². The van der Waals surface area contributed by atoms with Crippen LogP contribution >= 0.6 is 7.60 Å². The molecule has 5 N–H and O–H groups in total. The van der Waals surface area contributed by atoms with Crippen molar-refractivity contribution in [3.63, 3.8) is 0 Å². The predicted octanol–water partition coefficient (Wildman–Crippen LogP) is -1.02. The zero-order valence-electron chi connectivity index (χ0n) is 6.94. The number of carbonyl (C=O) groups is 1. The fourth-order valence-corrected chi connectivity index (χ4v) is 0.735. The lowest BCUT2D eigenvalue weighted by atomic mass is 10.4. The van der Waals surface area contributed by atoms with Gasteiger partial charge in [0.25, 0.3) is 0 Å². The molecule has 0 aromatic heterocycles. The standard InChI is InChI=1S/C5H13N2O4P/c1-5(2,12(9,10)11)7-4(8)3-6/h3,6H2,1-2H3,(H,7,8)(H2,9,10,11). The van der Waals surface area contributed by atoms with Crippen molar-refractivity contribution >= 4 is 13.5 Å². The molecule has 0 atom stereocenters. The SMILES string of the molecule is CC(C)(NC(=O)CN)P(=O)(O)O. The van der Waals surface area contributed by atoms with E-state index >= 15 is 0 Å². The van der Waals surface area contributed by atoms with Gasteiger partial charge in [0.2, 0.25) is 5.91 Å². The van der Waals surface area contributed by atoms with Crippen LogP contribution in [-0.4, -0.2) is 27.5 Å². The molecule has 0 saturated heterocycles. The molecular formula is C5H13N2O4P. The fraction of sp³-hybridized carbons (Fsp3) is 0.800. The van der Waals surface area contributed by atoms with Gasteiger partial charge < -0.3 is 20.8 Å². The summed E-state index contributed by atoms with van der Waals surface area (Å²) >= 11 is 0. The Labute approximate surface area is 70.3 Å². The molecular weight excluding hydrogens is 183 g/mol. The van der Waals surface area contributed by atoms with Crippen LogP contribution in [0.3, 0.4) is 0 Å². The van der Waals surface area contributed by atoms with E-state index in [4.69, 9.17) is 15.5 Å². The van der Waals surface area contributed by atoms with Crippen LogP contribution in [0.25, 0.3) is 0 Å². The monoisotopic (exact) mass is 196 g/mol. The molecule has 0 aromatic rings. The van der Waals surface area contributed by atoms with Gasteiger partial charge in [-0.25, -0.2) is 0 Å². The normalized spacial score (nSPS) is 12.8. The Morgan fingerprint density at radius 2 is 2.00 bits per heavy atom. The lowest BCUT2D eigenvalue weighted by Gasteiger charge is -2.26. The van der Waals surface area contributed by atoms with Crippen LogP contribution in [0.1, 0.15) is 13.8 Å². The van der Waals surface area contributed by atoms with E-state index in [1.54, 1.807) is 0 Å². The quantitative estimate of drug-likeness (QED) is 0.431. The Morgan fingerprint density at radius 3 is 2.25 bits per heavy atom. The lowest BCUT2D eigenvalue weighted by molar-refractivity contribution is -0.120. The van der Waals surface area contributed by atoms with Gasteiger partial charge in [-0.15, -0.1) is 0 Å². The first kappa shape index (κ1) is 11.6. The highest BCUT2D eigenvalue weighted by Crippen LogP contribution is 2.47. The van der Waals surface area contributed by atoms with E-state index in [1.165, 1.54) is 13.8 Å². The number of rotatable bonds is 3. The highest BCUT2D eigenvalue weighted by atomic mass is 31.2. The second kappa shape index (κ2) is 3.53. The Balaban J connectivity index is 4.44. The summed E-state index contributed by atoms with van der Waals surface area (Å²) in [5.74, 6) is -0.594. The number of amides is 1. The molecule has 0 aliphatic carbocycles. The fourth-order valence-electron chi connectivity index (χ4n) is 0.465. The smallest absolute Gasteiger partial charge is 0.339 e. The van der Waals surface area contributed by atoms with Gasteiger partial charge in [-0.05, 0) is 13.8 Å². The summed E-state index contributed by atoms with van der Waals surface area (Å²) in [4.78, 5) is 28.2. The zero-order chi connectivity index (χ0) is 9.99. The van der Waals surface area contributed by atoms with E-state index in [2.05, 4.69) is 5.32 Å². The minimum Gasteiger partial charge on any atom is -0.339 e. The van der Waals surface area contributed by atoms with Crippen molar-refractivity contribution in [3.8, 4) is 0 Å². The minimum absolute atomic E-state index is 0.288. The lowest BCUT2D eigenvalue weighted by Crippen LogP contribution is -2.45. The van der Waals surface area contributed by atoms with Crippen LogP contribution in [0, 0.1) is 0 Å². The van der Waals surface area contributed by atoms with Gasteiger partial charge in [0.1, 0.15) is 5.28 Å². The highest BCUT2D eigenvalue weighted by Gasteiger charge is 2.38. The zero-order valence-corrected chi connectivity index (χ0v) is 7.84. The Hall–Kier alpha value is -0.420. The molecule has 6 nitrogen and oxygen atoms in total. The van der Waals surface area contributed by atoms with Crippen LogP contribution in [0.2, 0.25) is 0 Å². The first-order valence-electron chi connectivity index (χ1n) is 3.27. The Morgan fingerprint density at radius 1 is 1.58 bits per heavy atom. The minimum atomic E-state index is -4.32. The van der Waals surface area contributed by atoms with Crippen molar-refractivity contribution in [3.05, 3.63) is 0 Å². The van der Waals surface area contributed by atoms with Gasteiger partial charge in [-0.2, -0.15) is 0 Å². The molecule has 7 heteroatoms. The molecule has 0 spiro atoms. The van der Waals surface area contributed by atoms with Gasteiger partial charge in [0.05, 0.1) is 6.54 Å². The van der Waals surface area contributed by atoms with E-state index in [1.807, 2.05) is 0 Å². The Bertz CT molecular complexity index is 221. The molecule has 0 aliphatic rings. The molecule has 0 rings (SSSR count). The van der Waals surface area contributed by atoms with Crippen molar-refractivity contribution < 1.29 is 19.1 Å². The van der Waals surface area contributed by atoms with Crippen molar-refractivity contribution in [2.75, 3.05) is 6.54 Å². The van der Waals surface area contributed by atoms with Crippen LogP contribution < -0.4 is 11.1 Å². The summed E-state index contributed by atoms with van der Waals surface area (Å²) in [7, 11) is -4.32. The number of hydrogen-bond donors (Lipinski definition) is 4. The second-order valence-corrected chi connectivity index (χ2v) is 5.06. The van der Waals surface area contributed by atoms with Gasteiger partial charge in [-0.3, -0.25) is 9.36 Å². The number of nitrogens with one attached hydrogen (secondary N) is 1. The summed E-state index contributed by atoms with van der Waals surface area (Å²) in [6.07, 6.45) is 0. The number of carbonyl (C=O) groups excluding carboxylic acids is 1. The van der Waals surface area contributed by atoms with Crippen molar-refractivity contribution in [2.24, 2.45) is 5.73 Å². The highest BCUT2D eigenvalue weighted by molar-refractivity contribution is 7.53. The van der Waals surface area contributed by atoms with Crippen LogP contribution in [0.5, 0.6) is 0 Å². The van der Waals surface area contributed by atoms with Crippen molar-refractivity contribution in [1.29, 1.82) is 0 Å². The average Bonchev–Trinajstić information content (AvgIpc) is 1.84. The third kappa shape index (κ3) is 2.91. The van der Waals surface area contributed by atoms with E-state index in [0.717, 1.165) is 0 Å². The van der Waals surface area contributed by atoms with Gasteiger partial charge in [0, 0.05) is 0 Å². The van der Waals surface area contributed by atoms with Gasteiger partial charge in [0.15, 0.2) is 0 Å². The summed E-state index contributed by atoms with van der Waals surface area (Å²) in [6, 6.07) is 0. The van der Waals surface area contributed by atoms with Gasteiger partial charge >= 0.3 is 7.60 Å². The molecule has 0 radical (unpaired) electrons. The molecule has 0 bridgehead atoms. The number of hydrogen-bond acceptors (Lipinski definition) is 3. The van der Waals surface area contributed by atoms with Crippen LogP contribution in [0.4, 0.5) is 0 Å². The van der Waals surface area contributed by atoms with Crippen LogP contribution in [-0.2, 0) is 9.36 Å². The third-order valence-electron chi connectivity index (χ3n) is 1.36. The molecule has 0 unspecified atom stereocenters. The molecule has 1 amide bonds. The van der Waals surface area contributed by atoms with E-state index < -0.39 is 18.8 Å². The molecule has 0 saturated carbocycles. The first-order chi connectivity index (χ1) is 5.20. The summed E-state index contributed by atoms with van der Waals surface area (Å²) in [6.45, 7) is 2.19. The van der Waals surface area contributed by atoms with E-state index in [-0.39, 0.29) is 6.54 Å². The average molecular weight is 196 g/mol. The van der Waals surface area contributed by atoms with Crippen molar-refractivity contribution in [1.82, 2.24) is 5.32 Å². The summed E-state index contributed by atoms with van der Waals surface area (Å²) in [5, 5.41) is 0.567. The number of nitrogens with two attached hydrogens (primary N) is 1. The maximum atomic E-state index is 10.7. The van der Waals surface area contributed by atoms with E-state index in [0.29, 0.717) is 0 Å². The maximum Gasteiger partial charge on any atom is 0.350 e. The summed E-state index contributed by atoms with van der Waals surface area (Å²) < 4.78 is 10.7. The molecule has 0 fully saturated rings. The predicted molar refractivity (Wildman–Crippen MR) is 43.3 cm³/mol. The van der Waals surface area contributed by atoms with Crippen molar-refractivity contribution in [2.45, 2.75) is 19.1 Å². The first-order valence-corrected chi connectivity index (χ1v) is 4.88. The summed E-state index contributed by atoms with van der Waals surface area (Å²) in [5.41, 5.74) is 4.96. The molecule has 72 valence electrons. The van der Waals surface area contributed by atoms with Gasteiger partial charge in [-0.1, -0.05) is 0 Å². The second-order valence-electron chi connectivity index (χ2n) is 2.86. The molecule has 0 heterocycles. The Kier molecular flexibility index (Phi) is 3.41. The molecule has 12 heavy (non-hydrogen) atoms. The largest absolute Gasteiger partial charge is 0.350 e. The topological polar surface area (TPSA) is 113 Å². The molecule has 0 aromatic carbocycles. The third-order valence-corrected chi connectivity index (χ3v) is 2.93. The maximum absolute atomic E-state index is 10.7. The van der Waals surface area contributed by atoms with Crippen LogP contribution in [0.15, 0.2) is 0 Å².